The number of thioether (sulfide) groups is 1. The number of carbonyl (C=O) groups excluding carboxylic acids is 1. The maximum absolute atomic E-state index is 11.2. The zero-order valence-corrected chi connectivity index (χ0v) is 12.4. The number of rotatable bonds is 6. The second-order valence-corrected chi connectivity index (χ2v) is 5.04. The molecule has 6 nitrogen and oxygen atoms in total. The van der Waals surface area contributed by atoms with E-state index < -0.39 is 5.97 Å². The Balaban J connectivity index is 2.15. The van der Waals surface area contributed by atoms with Crippen LogP contribution in [0.1, 0.15) is 11.5 Å². The van der Waals surface area contributed by atoms with E-state index in [-0.39, 0.29) is 16.7 Å². The molecule has 1 heterocycles. The lowest BCUT2D eigenvalue weighted by molar-refractivity contribution is -0.298. The Labute approximate surface area is 131 Å². The highest BCUT2D eigenvalue weighted by Gasteiger charge is 2.09. The third-order valence-corrected chi connectivity index (χ3v) is 3.25. The normalized spacial score (nSPS) is 11.0. The zero-order chi connectivity index (χ0) is 15.9. The molecule has 0 saturated heterocycles. The van der Waals surface area contributed by atoms with Gasteiger partial charge in [-0.25, -0.2) is 0 Å². The first-order valence-electron chi connectivity index (χ1n) is 6.16. The number of terminal acetylenes is 1. The van der Waals surface area contributed by atoms with Gasteiger partial charge in [-0.1, -0.05) is 18.1 Å². The summed E-state index contributed by atoms with van der Waals surface area (Å²) in [6.45, 7) is 1.79. The van der Waals surface area contributed by atoms with Crippen molar-refractivity contribution in [1.82, 2.24) is 10.2 Å². The summed E-state index contributed by atoms with van der Waals surface area (Å²) in [6, 6.07) is 6.79. The molecule has 22 heavy (non-hydrogen) atoms. The molecular formula is C15H11N2O4S-. The lowest BCUT2D eigenvalue weighted by Gasteiger charge is -2.06. The van der Waals surface area contributed by atoms with E-state index in [1.54, 1.807) is 31.2 Å². The first-order valence-corrected chi connectivity index (χ1v) is 6.97. The third kappa shape index (κ3) is 4.40. The number of benzene rings is 1. The van der Waals surface area contributed by atoms with Crippen LogP contribution in [-0.2, 0) is 4.79 Å². The average Bonchev–Trinajstić information content (AvgIpc) is 2.91. The van der Waals surface area contributed by atoms with Crippen molar-refractivity contribution in [2.45, 2.75) is 12.1 Å². The van der Waals surface area contributed by atoms with Gasteiger partial charge >= 0.3 is 0 Å². The maximum Gasteiger partial charge on any atom is 0.281 e. The van der Waals surface area contributed by atoms with E-state index in [1.165, 1.54) is 6.08 Å². The van der Waals surface area contributed by atoms with E-state index in [4.69, 9.17) is 15.6 Å². The number of carboxylic acids is 1. The molecule has 0 radical (unpaired) electrons. The van der Waals surface area contributed by atoms with Gasteiger partial charge in [0, 0.05) is 11.8 Å². The number of hydrogen-bond acceptors (Lipinski definition) is 7. The molecule has 0 aliphatic carbocycles. The van der Waals surface area contributed by atoms with E-state index in [9.17, 15) is 9.90 Å². The van der Waals surface area contributed by atoms with Crippen molar-refractivity contribution in [3.63, 3.8) is 0 Å². The summed E-state index contributed by atoms with van der Waals surface area (Å²) in [7, 11) is 0. The number of ether oxygens (including phenoxy) is 1. The van der Waals surface area contributed by atoms with E-state index >= 15 is 0 Å². The second-order valence-electron chi connectivity index (χ2n) is 4.05. The molecule has 0 aliphatic heterocycles. The van der Waals surface area contributed by atoms with Gasteiger partial charge in [0.05, 0.1) is 5.97 Å². The molecule has 0 bridgehead atoms. The van der Waals surface area contributed by atoms with Crippen LogP contribution in [0.4, 0.5) is 0 Å². The predicted molar refractivity (Wildman–Crippen MR) is 78.6 cm³/mol. The van der Waals surface area contributed by atoms with Crippen LogP contribution in [0.3, 0.4) is 0 Å². The number of hydrogen-bond donors (Lipinski definition) is 0. The summed E-state index contributed by atoms with van der Waals surface area (Å²) >= 11 is 0.832. The molecule has 0 saturated carbocycles. The minimum atomic E-state index is -1.33. The molecule has 7 heteroatoms. The molecule has 0 atom stereocenters. The van der Waals surface area contributed by atoms with Crippen LogP contribution in [0.5, 0.6) is 5.75 Å². The summed E-state index contributed by atoms with van der Waals surface area (Å²) in [5.74, 6) is 1.99. The molecule has 0 spiro atoms. The van der Waals surface area contributed by atoms with Gasteiger partial charge in [-0.05, 0) is 35.5 Å². The average molecular weight is 315 g/mol. The minimum absolute atomic E-state index is 0.0408. The topological polar surface area (TPSA) is 88.3 Å². The van der Waals surface area contributed by atoms with E-state index in [1.807, 2.05) is 0 Å². The Bertz CT molecular complexity index is 729. The number of aryl methyl sites for hydroxylation is 1. The standard InChI is InChI=1S/C15H12N2O4S/c1-3-8-20-12-6-4-11(5-7-12)9-13(14(18)19)22-15-17-16-10(2)21-15/h1,4-7,9H,8H2,2H3,(H,18,19)/p-1/b13-9-. The van der Waals surface area contributed by atoms with Crippen LogP contribution in [0.2, 0.25) is 0 Å². The van der Waals surface area contributed by atoms with Crippen molar-refractivity contribution >= 4 is 23.8 Å². The number of carbonyl (C=O) groups is 1. The van der Waals surface area contributed by atoms with Crippen LogP contribution in [0.25, 0.3) is 6.08 Å². The molecule has 0 fully saturated rings. The molecule has 1 aromatic heterocycles. The van der Waals surface area contributed by atoms with E-state index in [2.05, 4.69) is 16.1 Å². The van der Waals surface area contributed by atoms with E-state index in [0.29, 0.717) is 17.2 Å². The van der Waals surface area contributed by atoms with Crippen molar-refractivity contribution in [3.05, 3.63) is 40.6 Å². The van der Waals surface area contributed by atoms with Gasteiger partial charge in [0.2, 0.25) is 5.89 Å². The largest absolute Gasteiger partial charge is 0.544 e. The van der Waals surface area contributed by atoms with Crippen molar-refractivity contribution in [2.75, 3.05) is 6.61 Å². The summed E-state index contributed by atoms with van der Waals surface area (Å²) < 4.78 is 10.4. The zero-order valence-electron chi connectivity index (χ0n) is 11.6. The Hall–Kier alpha value is -2.72. The first kappa shape index (κ1) is 15.7. The molecule has 2 aromatic rings. The molecule has 2 rings (SSSR count). The molecule has 112 valence electrons. The maximum atomic E-state index is 11.2. The van der Waals surface area contributed by atoms with Crippen LogP contribution < -0.4 is 9.84 Å². The monoisotopic (exact) mass is 315 g/mol. The lowest BCUT2D eigenvalue weighted by Crippen LogP contribution is -2.23. The Morgan fingerprint density at radius 2 is 2.18 bits per heavy atom. The van der Waals surface area contributed by atoms with Crippen molar-refractivity contribution in [3.8, 4) is 18.1 Å². The van der Waals surface area contributed by atoms with Crippen LogP contribution in [0, 0.1) is 19.3 Å². The summed E-state index contributed by atoms with van der Waals surface area (Å²) in [4.78, 5) is 11.1. The predicted octanol–water partition coefficient (Wildman–Crippen LogP) is 1.27. The first-order chi connectivity index (χ1) is 10.6. The Kier molecular flexibility index (Phi) is 5.22. The number of carboxylic acid groups (broad SMARTS) is 1. The molecule has 1 aromatic carbocycles. The van der Waals surface area contributed by atoms with Gasteiger partial charge in [-0.2, -0.15) is 0 Å². The molecule has 0 N–H and O–H groups in total. The summed E-state index contributed by atoms with van der Waals surface area (Å²) in [5.41, 5.74) is 0.663. The van der Waals surface area contributed by atoms with Gasteiger partial charge in [-0.15, -0.1) is 16.6 Å². The van der Waals surface area contributed by atoms with Gasteiger partial charge in [0.25, 0.3) is 5.22 Å². The summed E-state index contributed by atoms with van der Waals surface area (Å²) in [6.07, 6.45) is 6.55. The fourth-order valence-electron chi connectivity index (χ4n) is 1.48. The van der Waals surface area contributed by atoms with Crippen LogP contribution >= 0.6 is 11.8 Å². The lowest BCUT2D eigenvalue weighted by atomic mass is 10.2. The van der Waals surface area contributed by atoms with Crippen molar-refractivity contribution in [2.24, 2.45) is 0 Å². The SMILES string of the molecule is C#CCOc1ccc(/C=C(\Sc2nnc(C)o2)C(=O)[O-])cc1. The molecular weight excluding hydrogens is 304 g/mol. The van der Waals surface area contributed by atoms with Gasteiger partial charge in [0.15, 0.2) is 0 Å². The number of aliphatic carboxylic acids is 1. The molecule has 0 amide bonds. The van der Waals surface area contributed by atoms with Gasteiger partial charge in [0.1, 0.15) is 12.4 Å². The van der Waals surface area contributed by atoms with E-state index in [0.717, 1.165) is 11.8 Å². The highest BCUT2D eigenvalue weighted by molar-refractivity contribution is 8.03. The minimum Gasteiger partial charge on any atom is -0.544 e. The smallest absolute Gasteiger partial charge is 0.281 e. The Morgan fingerprint density at radius 1 is 1.45 bits per heavy atom. The third-order valence-electron chi connectivity index (χ3n) is 2.41. The fourth-order valence-corrected chi connectivity index (χ4v) is 2.19. The Morgan fingerprint density at radius 3 is 2.73 bits per heavy atom. The van der Waals surface area contributed by atoms with Gasteiger partial charge in [-0.3, -0.25) is 0 Å². The molecule has 0 unspecified atom stereocenters. The van der Waals surface area contributed by atoms with Crippen LogP contribution in [-0.4, -0.2) is 22.8 Å². The highest BCUT2D eigenvalue weighted by Crippen LogP contribution is 2.27. The summed E-state index contributed by atoms with van der Waals surface area (Å²) in [5, 5.41) is 18.7. The fraction of sp³-hybridized carbons (Fsp3) is 0.133. The van der Waals surface area contributed by atoms with Crippen molar-refractivity contribution < 1.29 is 19.1 Å². The molecule has 0 aliphatic rings. The highest BCUT2D eigenvalue weighted by atomic mass is 32.2. The number of aromatic nitrogens is 2. The van der Waals surface area contributed by atoms with Gasteiger partial charge < -0.3 is 19.1 Å². The van der Waals surface area contributed by atoms with Crippen molar-refractivity contribution in [1.29, 1.82) is 0 Å². The van der Waals surface area contributed by atoms with Crippen LogP contribution in [0.15, 0.2) is 38.8 Å². The second kappa shape index (κ2) is 7.33. The number of nitrogens with zero attached hydrogens (tertiary/aromatic N) is 2. The quantitative estimate of drug-likeness (QED) is 0.450.